The Kier molecular flexibility index (Phi) is 3.80. The van der Waals surface area contributed by atoms with E-state index in [1.165, 1.54) is 31.7 Å². The first-order chi connectivity index (χ1) is 13.1. The number of hydrogen-bond donors (Lipinski definition) is 1. The average molecular weight is 370 g/mol. The maximum absolute atomic E-state index is 14.4. The number of aromatic nitrogens is 5. The van der Waals surface area contributed by atoms with Crippen molar-refractivity contribution in [3.63, 3.8) is 0 Å². The van der Waals surface area contributed by atoms with Gasteiger partial charge in [0.05, 0.1) is 17.8 Å². The highest BCUT2D eigenvalue weighted by molar-refractivity contribution is 5.89. The number of nitrogens with zero attached hydrogens (tertiary/aromatic N) is 5. The lowest BCUT2D eigenvalue weighted by Crippen LogP contribution is -2.40. The van der Waals surface area contributed by atoms with Crippen LogP contribution in [0.4, 0.5) is 14.6 Å². The summed E-state index contributed by atoms with van der Waals surface area (Å²) in [6, 6.07) is 1.60. The van der Waals surface area contributed by atoms with Crippen molar-refractivity contribution in [1.82, 2.24) is 24.7 Å². The summed E-state index contributed by atoms with van der Waals surface area (Å²) >= 11 is 0. The molecular formula is C19H20F2N6. The number of anilines is 1. The molecule has 3 fully saturated rings. The van der Waals surface area contributed by atoms with E-state index >= 15 is 0 Å². The van der Waals surface area contributed by atoms with Crippen molar-refractivity contribution in [2.24, 2.45) is 18.9 Å². The van der Waals surface area contributed by atoms with Crippen LogP contribution in [-0.4, -0.2) is 30.8 Å². The number of halogens is 2. The third-order valence-electron chi connectivity index (χ3n) is 5.97. The van der Waals surface area contributed by atoms with Crippen LogP contribution in [0.1, 0.15) is 32.1 Å². The second-order valence-corrected chi connectivity index (χ2v) is 7.65. The lowest BCUT2D eigenvalue weighted by Gasteiger charge is -2.42. The summed E-state index contributed by atoms with van der Waals surface area (Å²) in [6.07, 6.45) is 8.29. The SMILES string of the molecule is Cn1nc(-c2ncc(F)c(N[C@@H]3CC4CCC3CC4)n2)c2cc(F)cnc21. The van der Waals surface area contributed by atoms with E-state index in [1.54, 1.807) is 11.7 Å². The van der Waals surface area contributed by atoms with E-state index in [9.17, 15) is 8.78 Å². The lowest BCUT2D eigenvalue weighted by atomic mass is 9.68. The van der Waals surface area contributed by atoms with Crippen LogP contribution in [-0.2, 0) is 7.05 Å². The summed E-state index contributed by atoms with van der Waals surface area (Å²) in [5.41, 5.74) is 0.922. The van der Waals surface area contributed by atoms with Gasteiger partial charge in [-0.3, -0.25) is 0 Å². The van der Waals surface area contributed by atoms with Crippen LogP contribution in [0.3, 0.4) is 0 Å². The Hall–Kier alpha value is -2.64. The van der Waals surface area contributed by atoms with E-state index in [0.29, 0.717) is 22.6 Å². The zero-order chi connectivity index (χ0) is 18.5. The van der Waals surface area contributed by atoms with Gasteiger partial charge in [-0.1, -0.05) is 12.8 Å². The Morgan fingerprint density at radius 3 is 2.67 bits per heavy atom. The molecule has 0 radical (unpaired) electrons. The molecule has 0 unspecified atom stereocenters. The molecule has 6 rings (SSSR count). The molecule has 8 heteroatoms. The van der Waals surface area contributed by atoms with Crippen LogP contribution < -0.4 is 5.32 Å². The van der Waals surface area contributed by atoms with Gasteiger partial charge in [0.2, 0.25) is 0 Å². The Balaban J connectivity index is 1.52. The Labute approximate surface area is 155 Å². The summed E-state index contributed by atoms with van der Waals surface area (Å²) in [5, 5.41) is 8.18. The largest absolute Gasteiger partial charge is 0.364 e. The van der Waals surface area contributed by atoms with Gasteiger partial charge in [0.15, 0.2) is 23.1 Å². The molecule has 1 N–H and O–H groups in total. The Morgan fingerprint density at radius 1 is 1.11 bits per heavy atom. The van der Waals surface area contributed by atoms with Crippen LogP contribution in [0, 0.1) is 23.5 Å². The van der Waals surface area contributed by atoms with Gasteiger partial charge in [0, 0.05) is 13.1 Å². The Morgan fingerprint density at radius 2 is 1.93 bits per heavy atom. The van der Waals surface area contributed by atoms with Gasteiger partial charge < -0.3 is 5.32 Å². The highest BCUT2D eigenvalue weighted by atomic mass is 19.1. The minimum atomic E-state index is -0.482. The van der Waals surface area contributed by atoms with Crippen LogP contribution in [0.25, 0.3) is 22.6 Å². The summed E-state index contributed by atoms with van der Waals surface area (Å²) < 4.78 is 29.6. The summed E-state index contributed by atoms with van der Waals surface area (Å²) in [4.78, 5) is 12.5. The smallest absolute Gasteiger partial charge is 0.183 e. The van der Waals surface area contributed by atoms with Gasteiger partial charge in [-0.05, 0) is 37.2 Å². The molecular weight excluding hydrogens is 350 g/mol. The lowest BCUT2D eigenvalue weighted by molar-refractivity contribution is 0.157. The first-order valence-corrected chi connectivity index (χ1v) is 9.36. The zero-order valence-corrected chi connectivity index (χ0v) is 15.0. The predicted molar refractivity (Wildman–Crippen MR) is 96.9 cm³/mol. The summed E-state index contributed by atoms with van der Waals surface area (Å²) in [6.45, 7) is 0. The summed E-state index contributed by atoms with van der Waals surface area (Å²) in [5.74, 6) is 0.811. The normalized spacial score (nSPS) is 24.5. The molecule has 3 saturated carbocycles. The fourth-order valence-corrected chi connectivity index (χ4v) is 4.59. The molecule has 0 spiro atoms. The van der Waals surface area contributed by atoms with Gasteiger partial charge in [-0.2, -0.15) is 5.10 Å². The van der Waals surface area contributed by atoms with Crippen LogP contribution in [0.2, 0.25) is 0 Å². The third kappa shape index (κ3) is 2.83. The van der Waals surface area contributed by atoms with Gasteiger partial charge in [0.1, 0.15) is 11.5 Å². The molecule has 140 valence electrons. The number of pyridine rings is 1. The first-order valence-electron chi connectivity index (χ1n) is 9.36. The first kappa shape index (κ1) is 16.5. The van der Waals surface area contributed by atoms with Gasteiger partial charge in [-0.15, -0.1) is 0 Å². The monoisotopic (exact) mass is 370 g/mol. The van der Waals surface area contributed by atoms with Crippen molar-refractivity contribution in [3.05, 3.63) is 30.1 Å². The molecule has 0 aromatic carbocycles. The highest BCUT2D eigenvalue weighted by Gasteiger charge is 2.36. The minimum Gasteiger partial charge on any atom is -0.364 e. The molecule has 0 saturated heterocycles. The van der Waals surface area contributed by atoms with E-state index in [-0.39, 0.29) is 17.7 Å². The molecule has 1 atom stereocenters. The molecule has 0 amide bonds. The standard InChI is InChI=1S/C19H20F2N6/c1-27-19-13(7-12(20)8-23-19)16(26-27)18-22-9-14(21)17(25-18)24-15-6-10-2-4-11(15)5-3-10/h7-11,15H,2-6H2,1H3,(H,22,24,25)/t10?,11?,15-/m1/s1. The molecule has 6 nitrogen and oxygen atoms in total. The minimum absolute atomic E-state index is 0.195. The van der Waals surface area contributed by atoms with Gasteiger partial charge >= 0.3 is 0 Å². The number of nitrogens with one attached hydrogen (secondary N) is 1. The number of fused-ring (bicyclic) bond motifs is 4. The molecule has 0 aliphatic heterocycles. The number of hydrogen-bond acceptors (Lipinski definition) is 5. The van der Waals surface area contributed by atoms with Crippen molar-refractivity contribution >= 4 is 16.9 Å². The Bertz CT molecular complexity index is 1010. The van der Waals surface area contributed by atoms with Crippen molar-refractivity contribution in [2.45, 2.75) is 38.1 Å². The second kappa shape index (κ2) is 6.21. The number of aryl methyl sites for hydroxylation is 1. The third-order valence-corrected chi connectivity index (χ3v) is 5.97. The quantitative estimate of drug-likeness (QED) is 0.761. The van der Waals surface area contributed by atoms with E-state index in [1.807, 2.05) is 0 Å². The zero-order valence-electron chi connectivity index (χ0n) is 15.0. The second-order valence-electron chi connectivity index (χ2n) is 7.65. The maximum Gasteiger partial charge on any atom is 0.183 e. The van der Waals surface area contributed by atoms with E-state index in [2.05, 4.69) is 25.4 Å². The fraction of sp³-hybridized carbons (Fsp3) is 0.474. The van der Waals surface area contributed by atoms with E-state index in [0.717, 1.165) is 24.7 Å². The molecule has 3 aliphatic carbocycles. The fourth-order valence-electron chi connectivity index (χ4n) is 4.59. The average Bonchev–Trinajstić information content (AvgIpc) is 3.00. The van der Waals surface area contributed by atoms with Crippen molar-refractivity contribution in [2.75, 3.05) is 5.32 Å². The molecule has 3 heterocycles. The molecule has 27 heavy (non-hydrogen) atoms. The van der Waals surface area contributed by atoms with Crippen molar-refractivity contribution in [3.8, 4) is 11.5 Å². The molecule has 3 aromatic heterocycles. The molecule has 3 aromatic rings. The summed E-state index contributed by atoms with van der Waals surface area (Å²) in [7, 11) is 1.72. The predicted octanol–water partition coefficient (Wildman–Crippen LogP) is 3.69. The van der Waals surface area contributed by atoms with Crippen molar-refractivity contribution in [1.29, 1.82) is 0 Å². The van der Waals surface area contributed by atoms with E-state index < -0.39 is 11.6 Å². The van der Waals surface area contributed by atoms with E-state index in [4.69, 9.17) is 0 Å². The topological polar surface area (TPSA) is 68.5 Å². The van der Waals surface area contributed by atoms with Gasteiger partial charge in [-0.25, -0.2) is 28.4 Å². The number of rotatable bonds is 3. The molecule has 2 bridgehead atoms. The highest BCUT2D eigenvalue weighted by Crippen LogP contribution is 2.42. The van der Waals surface area contributed by atoms with Crippen LogP contribution in [0.5, 0.6) is 0 Å². The van der Waals surface area contributed by atoms with Gasteiger partial charge in [0.25, 0.3) is 0 Å². The van der Waals surface area contributed by atoms with Crippen LogP contribution in [0.15, 0.2) is 18.5 Å². The van der Waals surface area contributed by atoms with Crippen molar-refractivity contribution < 1.29 is 8.78 Å². The maximum atomic E-state index is 14.4. The molecule has 3 aliphatic rings. The van der Waals surface area contributed by atoms with Crippen LogP contribution >= 0.6 is 0 Å².